The second-order valence-corrected chi connectivity index (χ2v) is 4.89. The zero-order valence-corrected chi connectivity index (χ0v) is 12.4. The molecule has 4 heteroatoms. The van der Waals surface area contributed by atoms with Gasteiger partial charge in [-0.3, -0.25) is 0 Å². The molecule has 0 fully saturated rings. The predicted molar refractivity (Wildman–Crippen MR) is 84.8 cm³/mol. The number of para-hydroxylation sites is 1. The van der Waals surface area contributed by atoms with Crippen molar-refractivity contribution < 1.29 is 14.3 Å². The van der Waals surface area contributed by atoms with Crippen molar-refractivity contribution in [3.8, 4) is 5.75 Å². The van der Waals surface area contributed by atoms with Gasteiger partial charge in [0.05, 0.1) is 12.7 Å². The first-order valence-electron chi connectivity index (χ1n) is 6.90. The molecule has 0 N–H and O–H groups in total. The van der Waals surface area contributed by atoms with Gasteiger partial charge in [-0.15, -0.1) is 0 Å². The highest BCUT2D eigenvalue weighted by atomic mass is 16.6. The van der Waals surface area contributed by atoms with Crippen LogP contribution in [0.15, 0.2) is 59.2 Å². The molecule has 0 saturated heterocycles. The molecule has 110 valence electrons. The largest absolute Gasteiger partial charge is 0.496 e. The van der Waals surface area contributed by atoms with Gasteiger partial charge in [-0.2, -0.15) is 0 Å². The Morgan fingerprint density at radius 1 is 1.09 bits per heavy atom. The molecule has 0 bridgehead atoms. The summed E-state index contributed by atoms with van der Waals surface area (Å²) in [6, 6.07) is 15.1. The first-order chi connectivity index (χ1) is 10.7. The van der Waals surface area contributed by atoms with Gasteiger partial charge in [0.25, 0.3) is 0 Å². The molecule has 0 unspecified atom stereocenters. The maximum Gasteiger partial charge on any atom is 0.363 e. The minimum absolute atomic E-state index is 0.266. The van der Waals surface area contributed by atoms with Gasteiger partial charge in [0.1, 0.15) is 5.75 Å². The number of carbonyl (C=O) groups is 1. The molecular formula is C18H15NO3. The molecule has 0 aliphatic carbocycles. The van der Waals surface area contributed by atoms with Gasteiger partial charge in [-0.1, -0.05) is 36.4 Å². The van der Waals surface area contributed by atoms with E-state index in [0.717, 1.165) is 11.1 Å². The predicted octanol–water partition coefficient (Wildman–Crippen LogP) is 3.35. The number of methoxy groups -OCH3 is 1. The molecule has 2 aromatic rings. The molecule has 1 heterocycles. The zero-order chi connectivity index (χ0) is 15.5. The fraction of sp³-hybridized carbons (Fsp3) is 0.111. The number of cyclic esters (lactones) is 1. The minimum atomic E-state index is -0.454. The summed E-state index contributed by atoms with van der Waals surface area (Å²) >= 11 is 0. The van der Waals surface area contributed by atoms with E-state index in [1.807, 2.05) is 49.4 Å². The van der Waals surface area contributed by atoms with E-state index >= 15 is 0 Å². The van der Waals surface area contributed by atoms with Crippen molar-refractivity contribution in [2.24, 2.45) is 4.99 Å². The van der Waals surface area contributed by atoms with Crippen molar-refractivity contribution in [2.45, 2.75) is 6.92 Å². The summed E-state index contributed by atoms with van der Waals surface area (Å²) < 4.78 is 10.6. The smallest absolute Gasteiger partial charge is 0.363 e. The zero-order valence-electron chi connectivity index (χ0n) is 12.4. The van der Waals surface area contributed by atoms with E-state index < -0.39 is 5.97 Å². The molecule has 22 heavy (non-hydrogen) atoms. The van der Waals surface area contributed by atoms with E-state index in [-0.39, 0.29) is 11.6 Å². The Morgan fingerprint density at radius 2 is 1.82 bits per heavy atom. The number of rotatable bonds is 3. The minimum Gasteiger partial charge on any atom is -0.496 e. The Hall–Kier alpha value is -2.88. The molecule has 0 amide bonds. The molecule has 1 aliphatic rings. The lowest BCUT2D eigenvalue weighted by atomic mass is 10.1. The molecule has 0 spiro atoms. The van der Waals surface area contributed by atoms with E-state index in [1.165, 1.54) is 0 Å². The van der Waals surface area contributed by atoms with Crippen LogP contribution >= 0.6 is 0 Å². The molecule has 1 aliphatic heterocycles. The number of nitrogens with zero attached hydrogens (tertiary/aromatic N) is 1. The van der Waals surface area contributed by atoms with Gasteiger partial charge >= 0.3 is 5.97 Å². The van der Waals surface area contributed by atoms with Gasteiger partial charge in [0.2, 0.25) is 5.90 Å². The third-order valence-electron chi connectivity index (χ3n) is 3.44. The van der Waals surface area contributed by atoms with Gasteiger partial charge in [0.15, 0.2) is 5.70 Å². The topological polar surface area (TPSA) is 47.9 Å². The Morgan fingerprint density at radius 3 is 2.59 bits per heavy atom. The standard InChI is InChI=1S/C18H15NO3/c1-12-7-3-4-8-13(12)11-15-18(20)22-17(19-15)14-9-5-6-10-16(14)21-2/h3-11H,1-2H3/b15-11-. The van der Waals surface area contributed by atoms with E-state index in [2.05, 4.69) is 4.99 Å². The lowest BCUT2D eigenvalue weighted by Gasteiger charge is -2.05. The Balaban J connectivity index is 2.00. The van der Waals surface area contributed by atoms with Crippen molar-refractivity contribution in [1.82, 2.24) is 0 Å². The number of esters is 1. The van der Waals surface area contributed by atoms with Gasteiger partial charge in [-0.25, -0.2) is 9.79 Å². The normalized spacial score (nSPS) is 15.6. The first kappa shape index (κ1) is 14.1. The van der Waals surface area contributed by atoms with Gasteiger partial charge in [0, 0.05) is 0 Å². The average molecular weight is 293 g/mol. The number of benzene rings is 2. The maximum absolute atomic E-state index is 12.0. The summed E-state index contributed by atoms with van der Waals surface area (Å²) in [5, 5.41) is 0. The lowest BCUT2D eigenvalue weighted by molar-refractivity contribution is -0.129. The summed E-state index contributed by atoms with van der Waals surface area (Å²) in [5.74, 6) is 0.428. The SMILES string of the molecule is COc1ccccc1C1=N/C(=C\c2ccccc2C)C(=O)O1. The second-order valence-electron chi connectivity index (χ2n) is 4.89. The number of carbonyl (C=O) groups excluding carboxylic acids is 1. The van der Waals surface area contributed by atoms with Crippen molar-refractivity contribution in [3.05, 3.63) is 70.9 Å². The molecule has 0 atom stereocenters. The third kappa shape index (κ3) is 2.63. The van der Waals surface area contributed by atoms with Crippen LogP contribution in [0.2, 0.25) is 0 Å². The summed E-state index contributed by atoms with van der Waals surface area (Å²) in [6.45, 7) is 1.98. The summed E-state index contributed by atoms with van der Waals surface area (Å²) in [6.07, 6.45) is 1.74. The van der Waals surface area contributed by atoms with E-state index in [0.29, 0.717) is 11.3 Å². The number of aryl methyl sites for hydroxylation is 1. The highest BCUT2D eigenvalue weighted by Gasteiger charge is 2.26. The fourth-order valence-corrected chi connectivity index (χ4v) is 2.24. The molecule has 4 nitrogen and oxygen atoms in total. The van der Waals surface area contributed by atoms with Crippen LogP contribution in [0.25, 0.3) is 6.08 Å². The molecule has 3 rings (SSSR count). The molecular weight excluding hydrogens is 278 g/mol. The van der Waals surface area contributed by atoms with Crippen molar-refractivity contribution in [2.75, 3.05) is 7.11 Å². The lowest BCUT2D eigenvalue weighted by Crippen LogP contribution is -2.06. The Kier molecular flexibility index (Phi) is 3.74. The van der Waals surface area contributed by atoms with Gasteiger partial charge in [-0.05, 0) is 36.3 Å². The van der Waals surface area contributed by atoms with Crippen LogP contribution in [0.5, 0.6) is 5.75 Å². The van der Waals surface area contributed by atoms with Gasteiger partial charge < -0.3 is 9.47 Å². The van der Waals surface area contributed by atoms with Crippen LogP contribution in [0.4, 0.5) is 0 Å². The average Bonchev–Trinajstić information content (AvgIpc) is 2.90. The van der Waals surface area contributed by atoms with Crippen LogP contribution in [0.3, 0.4) is 0 Å². The van der Waals surface area contributed by atoms with Crippen LogP contribution in [-0.4, -0.2) is 19.0 Å². The van der Waals surface area contributed by atoms with E-state index in [1.54, 1.807) is 19.3 Å². The fourth-order valence-electron chi connectivity index (χ4n) is 2.24. The summed E-state index contributed by atoms with van der Waals surface area (Å²) in [4.78, 5) is 16.3. The monoisotopic (exact) mass is 293 g/mol. The van der Waals surface area contributed by atoms with Crippen LogP contribution in [0.1, 0.15) is 16.7 Å². The van der Waals surface area contributed by atoms with E-state index in [9.17, 15) is 4.79 Å². The first-order valence-corrected chi connectivity index (χ1v) is 6.90. The van der Waals surface area contributed by atoms with Crippen LogP contribution in [0, 0.1) is 6.92 Å². The highest BCUT2D eigenvalue weighted by molar-refractivity contribution is 6.13. The van der Waals surface area contributed by atoms with Crippen molar-refractivity contribution >= 4 is 17.9 Å². The number of aliphatic imine (C=N–C) groups is 1. The molecule has 0 aromatic heterocycles. The third-order valence-corrected chi connectivity index (χ3v) is 3.44. The van der Waals surface area contributed by atoms with Crippen molar-refractivity contribution in [1.29, 1.82) is 0 Å². The van der Waals surface area contributed by atoms with E-state index in [4.69, 9.17) is 9.47 Å². The molecule has 0 radical (unpaired) electrons. The molecule has 0 saturated carbocycles. The Labute approximate surface area is 128 Å². The Bertz CT molecular complexity index is 790. The van der Waals surface area contributed by atoms with Crippen molar-refractivity contribution in [3.63, 3.8) is 0 Å². The summed E-state index contributed by atoms with van der Waals surface area (Å²) in [5.41, 5.74) is 2.96. The number of hydrogen-bond acceptors (Lipinski definition) is 4. The number of ether oxygens (including phenoxy) is 2. The number of hydrogen-bond donors (Lipinski definition) is 0. The quantitative estimate of drug-likeness (QED) is 0.644. The molecule has 2 aromatic carbocycles. The van der Waals surface area contributed by atoms with Crippen LogP contribution < -0.4 is 4.74 Å². The summed E-state index contributed by atoms with van der Waals surface area (Å²) in [7, 11) is 1.57. The maximum atomic E-state index is 12.0. The van der Waals surface area contributed by atoms with Crippen LogP contribution in [-0.2, 0) is 9.53 Å². The highest BCUT2D eigenvalue weighted by Crippen LogP contribution is 2.25. The second kappa shape index (κ2) is 5.85.